The van der Waals surface area contributed by atoms with Crippen LogP contribution < -0.4 is 0 Å². The Morgan fingerprint density at radius 3 is 2.61 bits per heavy atom. The highest BCUT2D eigenvalue weighted by atomic mass is 16.6. The molecule has 4 aliphatic rings. The number of nitrogens with zero attached hydrogens (tertiary/aromatic N) is 1. The number of allylic oxidation sites excluding steroid dienone is 1. The molecule has 2 heterocycles. The number of phenolic OH excluding ortho intramolecular Hbond substituents is 1. The van der Waals surface area contributed by atoms with E-state index in [4.69, 9.17) is 9.47 Å². The van der Waals surface area contributed by atoms with Crippen molar-refractivity contribution in [2.45, 2.75) is 50.9 Å². The minimum atomic E-state index is -0.949. The van der Waals surface area contributed by atoms with Crippen molar-refractivity contribution in [1.82, 2.24) is 4.90 Å². The van der Waals surface area contributed by atoms with E-state index >= 15 is 0 Å². The van der Waals surface area contributed by atoms with Crippen LogP contribution in [0.5, 0.6) is 5.75 Å². The van der Waals surface area contributed by atoms with Gasteiger partial charge in [-0.05, 0) is 55.7 Å². The molecule has 2 aliphatic carbocycles. The van der Waals surface area contributed by atoms with Crippen LogP contribution >= 0.6 is 0 Å². The minimum Gasteiger partial charge on any atom is -0.508 e. The van der Waals surface area contributed by atoms with Crippen LogP contribution in [0.3, 0.4) is 0 Å². The van der Waals surface area contributed by atoms with Crippen LogP contribution in [0.25, 0.3) is 0 Å². The van der Waals surface area contributed by atoms with Crippen LogP contribution in [-0.4, -0.2) is 81.9 Å². The van der Waals surface area contributed by atoms with Gasteiger partial charge in [-0.2, -0.15) is 0 Å². The lowest BCUT2D eigenvalue weighted by Gasteiger charge is -2.32. The first-order valence-electron chi connectivity index (χ1n) is 12.9. The fourth-order valence-electron chi connectivity index (χ4n) is 6.55. The van der Waals surface area contributed by atoms with Gasteiger partial charge in [0, 0.05) is 30.4 Å². The Bertz CT molecular complexity index is 1220. The standard InChI is InChI=1S/C28H31NO9/c1-14-9-21(37-22(33)10-15-4-6-17(31)7-5-15)25-18(12-29-8-2-3-19(29)27(34)35)28(36)38-26(25)24-16(13-30)11-20(32)23(14)24/h4-7,11,18-19,21,24-26,30-31H,2-3,8-10,12-13H2,1H3,(H,34,35)/t18-,19-,21-,24-,25+,26+/m0/s1. The number of hydrogen-bond donors (Lipinski definition) is 3. The van der Waals surface area contributed by atoms with Gasteiger partial charge in [0.25, 0.3) is 0 Å². The molecule has 2 saturated heterocycles. The zero-order chi connectivity index (χ0) is 27.1. The van der Waals surface area contributed by atoms with Gasteiger partial charge >= 0.3 is 17.9 Å². The summed E-state index contributed by atoms with van der Waals surface area (Å²) in [6.45, 7) is 2.07. The lowest BCUT2D eigenvalue weighted by Crippen LogP contribution is -2.45. The Morgan fingerprint density at radius 2 is 1.92 bits per heavy atom. The molecule has 0 spiro atoms. The van der Waals surface area contributed by atoms with Crippen molar-refractivity contribution in [2.75, 3.05) is 19.7 Å². The van der Waals surface area contributed by atoms with Crippen molar-refractivity contribution in [2.24, 2.45) is 17.8 Å². The van der Waals surface area contributed by atoms with Crippen molar-refractivity contribution in [3.63, 3.8) is 0 Å². The molecule has 10 nitrogen and oxygen atoms in total. The summed E-state index contributed by atoms with van der Waals surface area (Å²) in [7, 11) is 0. The topological polar surface area (TPSA) is 151 Å². The largest absolute Gasteiger partial charge is 0.508 e. The molecule has 5 rings (SSSR count). The summed E-state index contributed by atoms with van der Waals surface area (Å²) in [5.41, 5.74) is 2.26. The second-order valence-electron chi connectivity index (χ2n) is 10.6. The fraction of sp³-hybridized carbons (Fsp3) is 0.500. The molecule has 1 aromatic rings. The molecule has 2 aliphatic heterocycles. The van der Waals surface area contributed by atoms with E-state index in [1.165, 1.54) is 18.2 Å². The number of fused-ring (bicyclic) bond motifs is 3. The Morgan fingerprint density at radius 1 is 1.18 bits per heavy atom. The van der Waals surface area contributed by atoms with Gasteiger partial charge in [0.2, 0.25) is 0 Å². The van der Waals surface area contributed by atoms with Crippen LogP contribution in [0.15, 0.2) is 47.1 Å². The molecular weight excluding hydrogens is 494 g/mol. The van der Waals surface area contributed by atoms with Gasteiger partial charge in [-0.15, -0.1) is 0 Å². The van der Waals surface area contributed by atoms with E-state index in [1.807, 2.05) is 0 Å². The van der Waals surface area contributed by atoms with E-state index in [-0.39, 0.29) is 37.5 Å². The third kappa shape index (κ3) is 4.74. The number of esters is 2. The lowest BCUT2D eigenvalue weighted by molar-refractivity contribution is -0.153. The number of carbonyl (C=O) groups is 4. The number of rotatable bonds is 7. The quantitative estimate of drug-likeness (QED) is 0.446. The first kappa shape index (κ1) is 26.1. The lowest BCUT2D eigenvalue weighted by atomic mass is 9.78. The Balaban J connectivity index is 1.47. The Labute approximate surface area is 219 Å². The Hall–Kier alpha value is -3.50. The number of carbonyl (C=O) groups excluding carboxylic acids is 3. The monoisotopic (exact) mass is 525 g/mol. The number of aliphatic carboxylic acids is 1. The summed E-state index contributed by atoms with van der Waals surface area (Å²) in [5.74, 6) is -4.23. The number of aromatic hydroxyl groups is 1. The molecule has 0 bridgehead atoms. The van der Waals surface area contributed by atoms with Gasteiger partial charge in [0.15, 0.2) is 5.78 Å². The highest BCUT2D eigenvalue weighted by Crippen LogP contribution is 2.49. The highest BCUT2D eigenvalue weighted by molar-refractivity contribution is 6.09. The second-order valence-corrected chi connectivity index (χ2v) is 10.6. The summed E-state index contributed by atoms with van der Waals surface area (Å²) >= 11 is 0. The van der Waals surface area contributed by atoms with E-state index in [2.05, 4.69) is 0 Å². The molecule has 0 aromatic heterocycles. The van der Waals surface area contributed by atoms with Gasteiger partial charge in [0.05, 0.1) is 18.9 Å². The van der Waals surface area contributed by atoms with E-state index in [0.717, 1.165) is 0 Å². The molecule has 0 unspecified atom stereocenters. The van der Waals surface area contributed by atoms with Crippen molar-refractivity contribution < 1.29 is 44.0 Å². The number of likely N-dealkylation sites (tertiary alicyclic amines) is 1. The summed E-state index contributed by atoms with van der Waals surface area (Å²) in [6, 6.07) is 5.47. The average Bonchev–Trinajstić information content (AvgIpc) is 3.53. The van der Waals surface area contributed by atoms with E-state index in [0.29, 0.717) is 41.7 Å². The summed E-state index contributed by atoms with van der Waals surface area (Å²) in [5, 5.41) is 29.2. The summed E-state index contributed by atoms with van der Waals surface area (Å²) in [6.07, 6.45) is 1.09. The molecule has 1 aromatic carbocycles. The van der Waals surface area contributed by atoms with E-state index < -0.39 is 53.9 Å². The SMILES string of the molecule is CC1=C2C(=O)C=C(CO)[C@@H]2[C@H]2OC(=O)[C@@H](CN3CCC[C@H]3C(=O)O)[C@@H]2[C@@H](OC(=O)Cc2ccc(O)cc2)C1. The first-order valence-corrected chi connectivity index (χ1v) is 12.9. The number of ketones is 1. The van der Waals surface area contributed by atoms with Gasteiger partial charge in [-0.1, -0.05) is 17.7 Å². The van der Waals surface area contributed by atoms with Gasteiger partial charge in [-0.25, -0.2) is 0 Å². The molecule has 0 amide bonds. The molecular formula is C28H31NO9. The van der Waals surface area contributed by atoms with Gasteiger partial charge < -0.3 is 24.8 Å². The zero-order valence-corrected chi connectivity index (χ0v) is 21.0. The molecule has 0 saturated carbocycles. The summed E-state index contributed by atoms with van der Waals surface area (Å²) < 4.78 is 11.9. The molecule has 202 valence electrons. The van der Waals surface area contributed by atoms with Crippen LogP contribution in [-0.2, 0) is 35.1 Å². The van der Waals surface area contributed by atoms with Crippen molar-refractivity contribution in [3.05, 3.63) is 52.6 Å². The number of phenols is 1. The van der Waals surface area contributed by atoms with Crippen LogP contribution in [0.2, 0.25) is 0 Å². The maximum absolute atomic E-state index is 13.3. The maximum atomic E-state index is 13.3. The van der Waals surface area contributed by atoms with E-state index in [9.17, 15) is 34.5 Å². The number of aliphatic hydroxyl groups is 1. The predicted molar refractivity (Wildman–Crippen MR) is 132 cm³/mol. The van der Waals surface area contributed by atoms with Crippen LogP contribution in [0, 0.1) is 17.8 Å². The van der Waals surface area contributed by atoms with Crippen LogP contribution in [0.1, 0.15) is 31.7 Å². The molecule has 3 N–H and O–H groups in total. The Kier molecular flexibility index (Phi) is 7.11. The number of benzene rings is 1. The maximum Gasteiger partial charge on any atom is 0.320 e. The number of carboxylic acids is 1. The first-order chi connectivity index (χ1) is 18.2. The molecule has 2 fully saturated rings. The number of hydrogen-bond acceptors (Lipinski definition) is 9. The van der Waals surface area contributed by atoms with Gasteiger partial charge in [0.1, 0.15) is 24.0 Å². The molecule has 6 atom stereocenters. The molecule has 10 heteroatoms. The number of carboxylic acid groups (broad SMARTS) is 1. The third-order valence-electron chi connectivity index (χ3n) is 8.25. The predicted octanol–water partition coefficient (Wildman–Crippen LogP) is 1.39. The average molecular weight is 526 g/mol. The van der Waals surface area contributed by atoms with Crippen molar-refractivity contribution in [3.8, 4) is 5.75 Å². The second kappa shape index (κ2) is 10.3. The van der Waals surface area contributed by atoms with Crippen molar-refractivity contribution >= 4 is 23.7 Å². The fourth-order valence-corrected chi connectivity index (χ4v) is 6.55. The highest BCUT2D eigenvalue weighted by Gasteiger charge is 2.57. The van der Waals surface area contributed by atoms with Crippen molar-refractivity contribution in [1.29, 1.82) is 0 Å². The smallest absolute Gasteiger partial charge is 0.320 e. The zero-order valence-electron chi connectivity index (χ0n) is 21.0. The summed E-state index contributed by atoms with van der Waals surface area (Å²) in [4.78, 5) is 52.8. The molecule has 38 heavy (non-hydrogen) atoms. The van der Waals surface area contributed by atoms with E-state index in [1.54, 1.807) is 24.0 Å². The van der Waals surface area contributed by atoms with Gasteiger partial charge in [-0.3, -0.25) is 24.1 Å². The number of ether oxygens (including phenoxy) is 2. The normalized spacial score (nSPS) is 30.9. The van der Waals surface area contributed by atoms with Crippen LogP contribution in [0.4, 0.5) is 0 Å². The molecule has 0 radical (unpaired) electrons. The minimum absolute atomic E-state index is 0.0549. The third-order valence-corrected chi connectivity index (χ3v) is 8.25. The number of aliphatic hydroxyl groups excluding tert-OH is 1.